The van der Waals surface area contributed by atoms with Gasteiger partial charge in [0.2, 0.25) is 0 Å². The number of nitro groups is 1. The number of benzene rings is 2. The lowest BCUT2D eigenvalue weighted by atomic mass is 10.00. The first-order valence-corrected chi connectivity index (χ1v) is 7.22. The molecule has 1 atom stereocenters. The van der Waals surface area contributed by atoms with Gasteiger partial charge in [0.25, 0.3) is 5.69 Å². The van der Waals surface area contributed by atoms with Crippen LogP contribution < -0.4 is 0 Å². The predicted molar refractivity (Wildman–Crippen MR) is 84.5 cm³/mol. The van der Waals surface area contributed by atoms with Gasteiger partial charge in [-0.25, -0.2) is 0 Å². The maximum atomic E-state index is 10.7. The van der Waals surface area contributed by atoms with Crippen LogP contribution in [0.25, 0.3) is 0 Å². The molecule has 0 aromatic heterocycles. The van der Waals surface area contributed by atoms with Crippen LogP contribution in [-0.2, 0) is 4.84 Å². The molecular weight excluding hydrogens is 327 g/mol. The molecule has 1 unspecified atom stereocenters. The smallest absolute Gasteiger partial charge is 0.269 e. The highest BCUT2D eigenvalue weighted by molar-refractivity contribution is 6.35. The van der Waals surface area contributed by atoms with Crippen LogP contribution in [0.4, 0.5) is 5.69 Å². The van der Waals surface area contributed by atoms with Gasteiger partial charge >= 0.3 is 0 Å². The normalized spacial score (nSPS) is 17.0. The Hall–Kier alpha value is -2.11. The van der Waals surface area contributed by atoms with Crippen LogP contribution in [0, 0.1) is 10.1 Å². The number of oxime groups is 1. The van der Waals surface area contributed by atoms with Gasteiger partial charge in [-0.2, -0.15) is 0 Å². The predicted octanol–water partition coefficient (Wildman–Crippen LogP) is 4.77. The fourth-order valence-corrected chi connectivity index (χ4v) is 2.78. The van der Waals surface area contributed by atoms with Crippen LogP contribution in [0.2, 0.25) is 10.0 Å². The van der Waals surface area contributed by atoms with Crippen LogP contribution >= 0.6 is 23.2 Å². The van der Waals surface area contributed by atoms with E-state index in [1.54, 1.807) is 24.3 Å². The molecular formula is C15H10Cl2N2O3. The molecule has 0 radical (unpaired) electrons. The highest BCUT2D eigenvalue weighted by Gasteiger charge is 2.26. The zero-order chi connectivity index (χ0) is 15.7. The lowest BCUT2D eigenvalue weighted by Gasteiger charge is -2.10. The SMILES string of the molecule is O=[N+]([O-])c1ccc(C2=NOC(c3ccc(Cl)cc3Cl)C2)cc1. The van der Waals surface area contributed by atoms with Crippen LogP contribution in [0.15, 0.2) is 47.6 Å². The van der Waals surface area contributed by atoms with Crippen LogP contribution in [0.5, 0.6) is 0 Å². The van der Waals surface area contributed by atoms with Gasteiger partial charge in [-0.05, 0) is 29.8 Å². The highest BCUT2D eigenvalue weighted by Crippen LogP contribution is 2.35. The van der Waals surface area contributed by atoms with E-state index in [4.69, 9.17) is 28.0 Å². The van der Waals surface area contributed by atoms with Gasteiger partial charge in [0.1, 0.15) is 0 Å². The zero-order valence-electron chi connectivity index (χ0n) is 11.2. The highest BCUT2D eigenvalue weighted by atomic mass is 35.5. The number of halogens is 2. The second-order valence-corrected chi connectivity index (χ2v) is 5.65. The molecule has 0 aliphatic carbocycles. The Morgan fingerprint density at radius 1 is 1.18 bits per heavy atom. The maximum Gasteiger partial charge on any atom is 0.269 e. The van der Waals surface area contributed by atoms with Gasteiger partial charge in [-0.15, -0.1) is 0 Å². The van der Waals surface area contributed by atoms with E-state index in [9.17, 15) is 10.1 Å². The molecule has 1 aliphatic heterocycles. The summed E-state index contributed by atoms with van der Waals surface area (Å²) >= 11 is 12.0. The minimum Gasteiger partial charge on any atom is -0.387 e. The Labute approximate surface area is 136 Å². The van der Waals surface area contributed by atoms with E-state index in [0.717, 1.165) is 16.8 Å². The van der Waals surface area contributed by atoms with Gasteiger partial charge < -0.3 is 4.84 Å². The van der Waals surface area contributed by atoms with Crippen molar-refractivity contribution < 1.29 is 9.76 Å². The molecule has 0 saturated heterocycles. The van der Waals surface area contributed by atoms with Crippen LogP contribution in [-0.4, -0.2) is 10.6 Å². The minimum absolute atomic E-state index is 0.0422. The van der Waals surface area contributed by atoms with Crippen LogP contribution in [0.1, 0.15) is 23.7 Å². The molecule has 0 fully saturated rings. The number of nitrogens with zero attached hydrogens (tertiary/aromatic N) is 2. The van der Waals surface area contributed by atoms with Gasteiger partial charge in [0.05, 0.1) is 10.6 Å². The molecule has 2 aromatic carbocycles. The third-order valence-corrected chi connectivity index (χ3v) is 3.95. The van der Waals surface area contributed by atoms with Crippen molar-refractivity contribution in [3.05, 3.63) is 73.8 Å². The zero-order valence-corrected chi connectivity index (χ0v) is 12.7. The first kappa shape index (κ1) is 14.8. The maximum absolute atomic E-state index is 10.7. The topological polar surface area (TPSA) is 64.7 Å². The van der Waals surface area contributed by atoms with E-state index >= 15 is 0 Å². The van der Waals surface area contributed by atoms with Crippen LogP contribution in [0.3, 0.4) is 0 Å². The summed E-state index contributed by atoms with van der Waals surface area (Å²) in [4.78, 5) is 15.7. The van der Waals surface area contributed by atoms with E-state index in [1.807, 2.05) is 6.07 Å². The number of hydrogen-bond acceptors (Lipinski definition) is 4. The summed E-state index contributed by atoms with van der Waals surface area (Å²) in [5.74, 6) is 0. The molecule has 7 heteroatoms. The summed E-state index contributed by atoms with van der Waals surface area (Å²) in [6, 6.07) is 11.4. The van der Waals surface area contributed by atoms with E-state index in [-0.39, 0.29) is 11.8 Å². The average molecular weight is 337 g/mol. The molecule has 1 heterocycles. The van der Waals surface area contributed by atoms with Crippen molar-refractivity contribution in [2.75, 3.05) is 0 Å². The first-order chi connectivity index (χ1) is 10.5. The first-order valence-electron chi connectivity index (χ1n) is 6.47. The van der Waals surface area contributed by atoms with Crippen molar-refractivity contribution in [3.63, 3.8) is 0 Å². The van der Waals surface area contributed by atoms with E-state index in [1.165, 1.54) is 12.1 Å². The van der Waals surface area contributed by atoms with E-state index in [0.29, 0.717) is 16.5 Å². The minimum atomic E-state index is -0.437. The largest absolute Gasteiger partial charge is 0.387 e. The van der Waals surface area contributed by atoms with Crippen molar-refractivity contribution in [1.29, 1.82) is 0 Å². The molecule has 0 bridgehead atoms. The molecule has 0 saturated carbocycles. The fraction of sp³-hybridized carbons (Fsp3) is 0.133. The lowest BCUT2D eigenvalue weighted by Crippen LogP contribution is -2.02. The van der Waals surface area contributed by atoms with Gasteiger partial charge in [0.15, 0.2) is 6.10 Å². The van der Waals surface area contributed by atoms with Crippen molar-refractivity contribution in [1.82, 2.24) is 0 Å². The molecule has 0 spiro atoms. The third kappa shape index (κ3) is 2.91. The Morgan fingerprint density at radius 3 is 2.55 bits per heavy atom. The summed E-state index contributed by atoms with van der Waals surface area (Å²) in [5.41, 5.74) is 2.37. The number of rotatable bonds is 3. The van der Waals surface area contributed by atoms with Crippen molar-refractivity contribution >= 4 is 34.6 Å². The van der Waals surface area contributed by atoms with E-state index < -0.39 is 4.92 Å². The third-order valence-electron chi connectivity index (χ3n) is 3.39. The quantitative estimate of drug-likeness (QED) is 0.599. The molecule has 112 valence electrons. The lowest BCUT2D eigenvalue weighted by molar-refractivity contribution is -0.384. The number of non-ortho nitro benzene ring substituents is 1. The molecule has 2 aromatic rings. The molecule has 3 rings (SSSR count). The second-order valence-electron chi connectivity index (χ2n) is 4.81. The van der Waals surface area contributed by atoms with Gasteiger partial charge in [-0.1, -0.05) is 34.4 Å². The average Bonchev–Trinajstić information content (AvgIpc) is 2.97. The fourth-order valence-electron chi connectivity index (χ4n) is 2.25. The summed E-state index contributed by atoms with van der Waals surface area (Å²) in [6.07, 6.45) is 0.258. The Kier molecular flexibility index (Phi) is 4.00. The Morgan fingerprint density at radius 2 is 1.91 bits per heavy atom. The molecule has 0 N–H and O–H groups in total. The molecule has 0 amide bonds. The van der Waals surface area contributed by atoms with Gasteiger partial charge in [-0.3, -0.25) is 10.1 Å². The Balaban J connectivity index is 1.78. The monoisotopic (exact) mass is 336 g/mol. The number of nitro benzene ring substituents is 1. The molecule has 22 heavy (non-hydrogen) atoms. The van der Waals surface area contributed by atoms with Crippen molar-refractivity contribution in [3.8, 4) is 0 Å². The summed E-state index contributed by atoms with van der Waals surface area (Å²) < 4.78 is 0. The van der Waals surface area contributed by atoms with Crippen molar-refractivity contribution in [2.24, 2.45) is 5.16 Å². The van der Waals surface area contributed by atoms with Gasteiger partial charge in [0, 0.05) is 34.2 Å². The number of hydrogen-bond donors (Lipinski definition) is 0. The Bertz CT molecular complexity index is 760. The summed E-state index contributed by atoms with van der Waals surface area (Å²) in [7, 11) is 0. The summed E-state index contributed by atoms with van der Waals surface area (Å²) in [5, 5.41) is 15.8. The second kappa shape index (κ2) is 5.94. The van der Waals surface area contributed by atoms with E-state index in [2.05, 4.69) is 5.16 Å². The summed E-state index contributed by atoms with van der Waals surface area (Å²) in [6.45, 7) is 0. The molecule has 5 nitrogen and oxygen atoms in total. The molecule has 1 aliphatic rings. The van der Waals surface area contributed by atoms with Crippen molar-refractivity contribution in [2.45, 2.75) is 12.5 Å². The standard InChI is InChI=1S/C15H10Cl2N2O3/c16-10-3-6-12(13(17)7-10)15-8-14(18-22-15)9-1-4-11(5-2-9)19(20)21/h1-7,15H,8H2.